The van der Waals surface area contributed by atoms with Crippen LogP contribution >= 0.6 is 0 Å². The summed E-state index contributed by atoms with van der Waals surface area (Å²) in [5.74, 6) is 2.57. The molecule has 0 saturated carbocycles. The van der Waals surface area contributed by atoms with Gasteiger partial charge in [-0.15, -0.1) is 12.3 Å². The Morgan fingerprint density at radius 3 is 2.29 bits per heavy atom. The molecule has 0 bridgehead atoms. The Labute approximate surface area is 57.9 Å². The Balaban J connectivity index is 0. The topological polar surface area (TPSA) is 0 Å². The van der Waals surface area contributed by atoms with Gasteiger partial charge in [0.2, 0.25) is 0 Å². The first kappa shape index (κ1) is 10.2. The van der Waals surface area contributed by atoms with Crippen LogP contribution in [0.15, 0.2) is 0 Å². The van der Waals surface area contributed by atoms with E-state index in [1.165, 1.54) is 12.8 Å². The maximum absolute atomic E-state index is 4.96. The van der Waals surface area contributed by atoms with E-state index in [9.17, 15) is 0 Å². The van der Waals surface area contributed by atoms with Gasteiger partial charge in [-0.1, -0.05) is 13.3 Å². The van der Waals surface area contributed by atoms with Gasteiger partial charge in [0.1, 0.15) is 0 Å². The van der Waals surface area contributed by atoms with Crippen LogP contribution in [-0.2, 0) is 0 Å². The molecule has 0 heterocycles. The second kappa shape index (κ2) is 9.48. The van der Waals surface area contributed by atoms with Crippen LogP contribution in [0.3, 0.4) is 0 Å². The summed E-state index contributed by atoms with van der Waals surface area (Å²) >= 11 is 0. The van der Waals surface area contributed by atoms with Crippen molar-refractivity contribution in [2.75, 3.05) is 0 Å². The van der Waals surface area contributed by atoms with Crippen LogP contribution in [-0.4, -0.2) is 18.9 Å². The van der Waals surface area contributed by atoms with E-state index in [1.807, 2.05) is 0 Å². The molecule has 0 fully saturated rings. The van der Waals surface area contributed by atoms with Crippen molar-refractivity contribution >= 4 is 18.9 Å². The normalized spacial score (nSPS) is 6.29. The summed E-state index contributed by atoms with van der Waals surface area (Å²) in [6.45, 7) is 2.14. The molecule has 0 saturated heterocycles. The summed E-state index contributed by atoms with van der Waals surface area (Å²) in [6, 6.07) is 0. The molecule has 0 unspecified atom stereocenters. The van der Waals surface area contributed by atoms with Crippen molar-refractivity contribution < 1.29 is 0 Å². The molecule has 0 rings (SSSR count). The standard InChI is InChI=1S/C6H10.Li.H/c1-3-5-6-4-2;;/h1H,4-6H2,2H3;;. The van der Waals surface area contributed by atoms with Gasteiger partial charge in [0.05, 0.1) is 0 Å². The molecule has 36 valence electrons. The van der Waals surface area contributed by atoms with Crippen LogP contribution in [0.5, 0.6) is 0 Å². The van der Waals surface area contributed by atoms with Gasteiger partial charge >= 0.3 is 18.9 Å². The molecule has 0 aromatic heterocycles. The van der Waals surface area contributed by atoms with Crippen molar-refractivity contribution in [3.63, 3.8) is 0 Å². The Morgan fingerprint density at radius 1 is 1.57 bits per heavy atom. The van der Waals surface area contributed by atoms with Crippen LogP contribution in [0.2, 0.25) is 0 Å². The molecule has 0 nitrogen and oxygen atoms in total. The fraction of sp³-hybridized carbons (Fsp3) is 0.667. The number of hydrogen-bond acceptors (Lipinski definition) is 0. The molecule has 0 spiro atoms. The van der Waals surface area contributed by atoms with Gasteiger partial charge in [-0.05, 0) is 6.42 Å². The summed E-state index contributed by atoms with van der Waals surface area (Å²) in [6.07, 6.45) is 8.30. The van der Waals surface area contributed by atoms with E-state index in [4.69, 9.17) is 6.42 Å². The molecule has 0 aliphatic carbocycles. The van der Waals surface area contributed by atoms with Crippen LogP contribution in [0, 0.1) is 12.3 Å². The predicted molar refractivity (Wildman–Crippen MR) is 35.5 cm³/mol. The van der Waals surface area contributed by atoms with Gasteiger partial charge < -0.3 is 0 Å². The summed E-state index contributed by atoms with van der Waals surface area (Å²) < 4.78 is 0. The Bertz CT molecular complexity index is 51.7. The zero-order valence-corrected chi connectivity index (χ0v) is 4.20. The summed E-state index contributed by atoms with van der Waals surface area (Å²) in [4.78, 5) is 0. The molecule has 7 heavy (non-hydrogen) atoms. The van der Waals surface area contributed by atoms with Gasteiger partial charge in [-0.25, -0.2) is 0 Å². The summed E-state index contributed by atoms with van der Waals surface area (Å²) in [5, 5.41) is 0. The van der Waals surface area contributed by atoms with Crippen molar-refractivity contribution in [3.8, 4) is 12.3 Å². The Morgan fingerprint density at radius 2 is 2.14 bits per heavy atom. The predicted octanol–water partition coefficient (Wildman–Crippen LogP) is 1.16. The van der Waals surface area contributed by atoms with Crippen molar-refractivity contribution in [1.82, 2.24) is 0 Å². The van der Waals surface area contributed by atoms with Gasteiger partial charge in [0, 0.05) is 6.42 Å². The number of hydrogen-bond donors (Lipinski definition) is 0. The first-order valence-corrected chi connectivity index (χ1v) is 2.35. The molecule has 1 heteroatoms. The van der Waals surface area contributed by atoms with Gasteiger partial charge in [-0.2, -0.15) is 0 Å². The monoisotopic (exact) mass is 90.1 g/mol. The maximum atomic E-state index is 4.96. The third-order valence-corrected chi connectivity index (χ3v) is 0.675. The molecular formula is C6H11Li. The van der Waals surface area contributed by atoms with Gasteiger partial charge in [-0.3, -0.25) is 0 Å². The minimum absolute atomic E-state index is 0. The van der Waals surface area contributed by atoms with Crippen molar-refractivity contribution in [2.24, 2.45) is 0 Å². The average molecular weight is 90.1 g/mol. The number of terminal acetylenes is 1. The third kappa shape index (κ3) is 10.7. The van der Waals surface area contributed by atoms with Gasteiger partial charge in [0.15, 0.2) is 0 Å². The van der Waals surface area contributed by atoms with Crippen LogP contribution < -0.4 is 0 Å². The molecule has 0 aliphatic heterocycles. The fourth-order valence-electron chi connectivity index (χ4n) is 0.279. The zero-order chi connectivity index (χ0) is 4.83. The van der Waals surface area contributed by atoms with Gasteiger partial charge in [0.25, 0.3) is 0 Å². The minimum atomic E-state index is 0. The van der Waals surface area contributed by atoms with E-state index in [0.29, 0.717) is 0 Å². The van der Waals surface area contributed by atoms with Crippen molar-refractivity contribution in [3.05, 3.63) is 0 Å². The van der Waals surface area contributed by atoms with E-state index in [-0.39, 0.29) is 18.9 Å². The molecule has 0 aliphatic rings. The first-order valence-electron chi connectivity index (χ1n) is 2.35. The second-order valence-corrected chi connectivity index (χ2v) is 1.31. The summed E-state index contributed by atoms with van der Waals surface area (Å²) in [7, 11) is 0. The van der Waals surface area contributed by atoms with E-state index in [1.54, 1.807) is 0 Å². The van der Waals surface area contributed by atoms with E-state index in [0.717, 1.165) is 6.42 Å². The molecule has 0 amide bonds. The third-order valence-electron chi connectivity index (χ3n) is 0.675. The molecule has 0 aromatic carbocycles. The SMILES string of the molecule is C#CCCCC.[LiH]. The van der Waals surface area contributed by atoms with Crippen LogP contribution in [0.1, 0.15) is 26.2 Å². The average Bonchev–Trinajstić information content (AvgIpc) is 1.61. The quantitative estimate of drug-likeness (QED) is 0.271. The molecule has 0 atom stereocenters. The van der Waals surface area contributed by atoms with E-state index in [2.05, 4.69) is 12.8 Å². The Kier molecular flexibility index (Phi) is 13.8. The number of rotatable bonds is 2. The fourth-order valence-corrected chi connectivity index (χ4v) is 0.279. The molecular weight excluding hydrogens is 79.0 g/mol. The van der Waals surface area contributed by atoms with Crippen LogP contribution in [0.25, 0.3) is 0 Å². The molecule has 0 radical (unpaired) electrons. The van der Waals surface area contributed by atoms with Crippen molar-refractivity contribution in [1.29, 1.82) is 0 Å². The first-order chi connectivity index (χ1) is 2.91. The van der Waals surface area contributed by atoms with Crippen molar-refractivity contribution in [2.45, 2.75) is 26.2 Å². The van der Waals surface area contributed by atoms with E-state index < -0.39 is 0 Å². The zero-order valence-electron chi connectivity index (χ0n) is 4.20. The summed E-state index contributed by atoms with van der Waals surface area (Å²) in [5.41, 5.74) is 0. The molecule has 0 aromatic rings. The molecule has 0 N–H and O–H groups in total. The second-order valence-electron chi connectivity index (χ2n) is 1.31. The van der Waals surface area contributed by atoms with E-state index >= 15 is 0 Å². The number of unbranched alkanes of at least 4 members (excludes halogenated alkanes) is 2. The Hall–Kier alpha value is 0.157. The van der Waals surface area contributed by atoms with Crippen LogP contribution in [0.4, 0.5) is 0 Å².